The third-order valence-corrected chi connectivity index (χ3v) is 5.70. The van der Waals surface area contributed by atoms with Gasteiger partial charge in [0.15, 0.2) is 0 Å². The Hall–Kier alpha value is -2.14. The summed E-state index contributed by atoms with van der Waals surface area (Å²) in [5.74, 6) is 1.25. The molecule has 0 unspecified atom stereocenters. The van der Waals surface area contributed by atoms with Crippen molar-refractivity contribution in [3.8, 4) is 0 Å². The zero-order valence-electron chi connectivity index (χ0n) is 16.1. The first-order chi connectivity index (χ1) is 13.3. The molecule has 0 saturated heterocycles. The van der Waals surface area contributed by atoms with Crippen LogP contribution < -0.4 is 5.32 Å². The van der Waals surface area contributed by atoms with Crippen molar-refractivity contribution < 1.29 is 4.79 Å². The van der Waals surface area contributed by atoms with Crippen molar-refractivity contribution in [2.45, 2.75) is 58.4 Å². The molecule has 0 atom stereocenters. The van der Waals surface area contributed by atoms with Gasteiger partial charge in [0.25, 0.3) is 5.91 Å². The number of thiophene rings is 1. The lowest BCUT2D eigenvalue weighted by Crippen LogP contribution is -2.23. The number of amides is 1. The van der Waals surface area contributed by atoms with Crippen LogP contribution in [0.25, 0.3) is 11.0 Å². The topological polar surface area (TPSA) is 46.9 Å². The van der Waals surface area contributed by atoms with Crippen LogP contribution >= 0.6 is 11.3 Å². The van der Waals surface area contributed by atoms with Gasteiger partial charge in [0.2, 0.25) is 0 Å². The third-order valence-electron chi connectivity index (χ3n) is 4.83. The molecule has 1 N–H and O–H groups in total. The lowest BCUT2D eigenvalue weighted by molar-refractivity contribution is 0.0957. The SMILES string of the molecule is CCCCCn1c(CCCCCNC(=O)c2cccs2)nc2ccccc21. The molecule has 3 rings (SSSR count). The summed E-state index contributed by atoms with van der Waals surface area (Å²) in [7, 11) is 0. The van der Waals surface area contributed by atoms with Gasteiger partial charge in [-0.25, -0.2) is 4.98 Å². The van der Waals surface area contributed by atoms with Crippen molar-refractivity contribution in [1.29, 1.82) is 0 Å². The van der Waals surface area contributed by atoms with Crippen LogP contribution in [-0.4, -0.2) is 22.0 Å². The van der Waals surface area contributed by atoms with Crippen molar-refractivity contribution in [3.63, 3.8) is 0 Å². The second-order valence-corrected chi connectivity index (χ2v) is 7.87. The maximum Gasteiger partial charge on any atom is 0.261 e. The molecule has 0 saturated carbocycles. The summed E-state index contributed by atoms with van der Waals surface area (Å²) in [6.45, 7) is 4.04. The van der Waals surface area contributed by atoms with E-state index in [0.29, 0.717) is 0 Å². The Labute approximate surface area is 165 Å². The van der Waals surface area contributed by atoms with Gasteiger partial charge in [0, 0.05) is 19.5 Å². The number of fused-ring (bicyclic) bond motifs is 1. The lowest BCUT2D eigenvalue weighted by atomic mass is 10.2. The molecule has 0 spiro atoms. The van der Waals surface area contributed by atoms with Crippen LogP contribution in [0.2, 0.25) is 0 Å². The number of unbranched alkanes of at least 4 members (excludes halogenated alkanes) is 4. The van der Waals surface area contributed by atoms with E-state index in [-0.39, 0.29) is 5.91 Å². The number of hydrogen-bond acceptors (Lipinski definition) is 3. The highest BCUT2D eigenvalue weighted by molar-refractivity contribution is 7.12. The Morgan fingerprint density at radius 1 is 1.07 bits per heavy atom. The Kier molecular flexibility index (Phi) is 7.45. The van der Waals surface area contributed by atoms with Gasteiger partial charge in [-0.2, -0.15) is 0 Å². The number of hydrogen-bond donors (Lipinski definition) is 1. The summed E-state index contributed by atoms with van der Waals surface area (Å²) in [4.78, 5) is 17.6. The standard InChI is InChI=1S/C22H29N3OS/c1-2-3-9-16-25-19-12-7-6-11-18(19)24-21(25)14-5-4-8-15-23-22(26)20-13-10-17-27-20/h6-7,10-13,17H,2-5,8-9,14-16H2,1H3,(H,23,26). The third kappa shape index (κ3) is 5.42. The molecule has 0 fully saturated rings. The highest BCUT2D eigenvalue weighted by Gasteiger charge is 2.10. The zero-order valence-corrected chi connectivity index (χ0v) is 16.9. The minimum atomic E-state index is 0.0442. The molecule has 5 heteroatoms. The van der Waals surface area contributed by atoms with Gasteiger partial charge in [-0.3, -0.25) is 4.79 Å². The Morgan fingerprint density at radius 3 is 2.78 bits per heavy atom. The number of rotatable bonds is 11. The van der Waals surface area contributed by atoms with Gasteiger partial charge in [-0.15, -0.1) is 11.3 Å². The van der Waals surface area contributed by atoms with Crippen LogP contribution in [0.3, 0.4) is 0 Å². The number of benzene rings is 1. The van der Waals surface area contributed by atoms with Crippen LogP contribution in [0.15, 0.2) is 41.8 Å². The smallest absolute Gasteiger partial charge is 0.261 e. The maximum atomic E-state index is 11.9. The summed E-state index contributed by atoms with van der Waals surface area (Å²) < 4.78 is 2.41. The van der Waals surface area contributed by atoms with E-state index in [9.17, 15) is 4.79 Å². The molecule has 0 aliphatic heterocycles. The van der Waals surface area contributed by atoms with Crippen LogP contribution in [0.4, 0.5) is 0 Å². The summed E-state index contributed by atoms with van der Waals surface area (Å²) in [5.41, 5.74) is 2.36. The highest BCUT2D eigenvalue weighted by Crippen LogP contribution is 2.19. The number of carbonyl (C=O) groups excluding carboxylic acids is 1. The number of nitrogens with one attached hydrogen (secondary N) is 1. The van der Waals surface area contributed by atoms with Crippen LogP contribution in [0, 0.1) is 0 Å². The normalized spacial score (nSPS) is 11.1. The molecule has 27 heavy (non-hydrogen) atoms. The van der Waals surface area contributed by atoms with Crippen molar-refractivity contribution in [2.24, 2.45) is 0 Å². The summed E-state index contributed by atoms with van der Waals surface area (Å²) in [5, 5.41) is 4.93. The van der Waals surface area contributed by atoms with Crippen molar-refractivity contribution in [2.75, 3.05) is 6.54 Å². The predicted octanol–water partition coefficient (Wildman–Crippen LogP) is 5.43. The largest absolute Gasteiger partial charge is 0.351 e. The lowest BCUT2D eigenvalue weighted by Gasteiger charge is -2.09. The average Bonchev–Trinajstić information content (AvgIpc) is 3.33. The molecule has 0 aliphatic rings. The second kappa shape index (κ2) is 10.3. The first kappa shape index (κ1) is 19.6. The monoisotopic (exact) mass is 383 g/mol. The molecular formula is C22H29N3OS. The Balaban J connectivity index is 1.46. The second-order valence-electron chi connectivity index (χ2n) is 6.92. The molecule has 1 aromatic carbocycles. The average molecular weight is 384 g/mol. The number of imidazole rings is 1. The Bertz CT molecular complexity index is 838. The first-order valence-corrected chi connectivity index (χ1v) is 10.9. The van der Waals surface area contributed by atoms with Gasteiger partial charge in [-0.05, 0) is 42.8 Å². The minimum absolute atomic E-state index is 0.0442. The number of aromatic nitrogens is 2. The molecular weight excluding hydrogens is 354 g/mol. The molecule has 0 aliphatic carbocycles. The number of nitrogens with zero attached hydrogens (tertiary/aromatic N) is 2. The van der Waals surface area contributed by atoms with Gasteiger partial charge in [0.1, 0.15) is 5.82 Å². The van der Waals surface area contributed by atoms with E-state index in [4.69, 9.17) is 4.98 Å². The fourth-order valence-electron chi connectivity index (χ4n) is 3.37. The quantitative estimate of drug-likeness (QED) is 0.449. The van der Waals surface area contributed by atoms with Gasteiger partial charge in [-0.1, -0.05) is 44.4 Å². The molecule has 0 radical (unpaired) electrons. The van der Waals surface area contributed by atoms with Gasteiger partial charge in [0.05, 0.1) is 15.9 Å². The molecule has 2 heterocycles. The fraction of sp³-hybridized carbons (Fsp3) is 0.455. The molecule has 0 bridgehead atoms. The number of aryl methyl sites for hydroxylation is 2. The van der Waals surface area contributed by atoms with Crippen LogP contribution in [0.5, 0.6) is 0 Å². The van der Waals surface area contributed by atoms with E-state index in [1.807, 2.05) is 17.5 Å². The minimum Gasteiger partial charge on any atom is -0.351 e. The van der Waals surface area contributed by atoms with E-state index in [2.05, 4.69) is 41.1 Å². The molecule has 2 aromatic heterocycles. The maximum absolute atomic E-state index is 11.9. The Morgan fingerprint density at radius 2 is 1.96 bits per heavy atom. The van der Waals surface area contributed by atoms with Crippen LogP contribution in [-0.2, 0) is 13.0 Å². The molecule has 3 aromatic rings. The molecule has 144 valence electrons. The van der Waals surface area contributed by atoms with E-state index < -0.39 is 0 Å². The number of carbonyl (C=O) groups is 1. The molecule has 1 amide bonds. The van der Waals surface area contributed by atoms with Gasteiger partial charge < -0.3 is 9.88 Å². The van der Waals surface area contributed by atoms with E-state index in [0.717, 1.165) is 49.2 Å². The summed E-state index contributed by atoms with van der Waals surface area (Å²) in [6, 6.07) is 12.2. The van der Waals surface area contributed by atoms with E-state index in [1.54, 1.807) is 0 Å². The summed E-state index contributed by atoms with van der Waals surface area (Å²) in [6.07, 6.45) is 7.91. The van der Waals surface area contributed by atoms with Crippen molar-refractivity contribution >= 4 is 28.3 Å². The fourth-order valence-corrected chi connectivity index (χ4v) is 4.01. The van der Waals surface area contributed by atoms with E-state index in [1.165, 1.54) is 41.9 Å². The number of para-hydroxylation sites is 2. The first-order valence-electron chi connectivity index (χ1n) is 10.1. The highest BCUT2D eigenvalue weighted by atomic mass is 32.1. The summed E-state index contributed by atoms with van der Waals surface area (Å²) >= 11 is 1.49. The van der Waals surface area contributed by atoms with Crippen LogP contribution in [0.1, 0.15) is 60.9 Å². The van der Waals surface area contributed by atoms with E-state index >= 15 is 0 Å². The van der Waals surface area contributed by atoms with Crippen molar-refractivity contribution in [1.82, 2.24) is 14.9 Å². The predicted molar refractivity (Wildman–Crippen MR) is 113 cm³/mol. The van der Waals surface area contributed by atoms with Crippen molar-refractivity contribution in [3.05, 3.63) is 52.5 Å². The zero-order chi connectivity index (χ0) is 18.9. The van der Waals surface area contributed by atoms with Gasteiger partial charge >= 0.3 is 0 Å². The molecule has 4 nitrogen and oxygen atoms in total.